The maximum absolute atomic E-state index is 8.79. The second kappa shape index (κ2) is 2.09. The van der Waals surface area contributed by atoms with E-state index in [-0.39, 0.29) is 5.88 Å². The van der Waals surface area contributed by atoms with Crippen molar-refractivity contribution in [2.75, 3.05) is 0 Å². The van der Waals surface area contributed by atoms with Crippen molar-refractivity contribution in [1.82, 2.24) is 8.75 Å². The summed E-state index contributed by atoms with van der Waals surface area (Å²) < 4.78 is 7.39. The first-order valence-electron chi connectivity index (χ1n) is 2.35. The summed E-state index contributed by atoms with van der Waals surface area (Å²) in [5.41, 5.74) is 0.690. The Morgan fingerprint density at radius 2 is 2.38 bits per heavy atom. The van der Waals surface area contributed by atoms with E-state index >= 15 is 0 Å². The van der Waals surface area contributed by atoms with Crippen LogP contribution >= 0.6 is 11.7 Å². The molecule has 0 bridgehead atoms. The van der Waals surface area contributed by atoms with Crippen molar-refractivity contribution in [2.24, 2.45) is 0 Å². The summed E-state index contributed by atoms with van der Waals surface area (Å²) in [7, 11) is 0. The third-order valence-electron chi connectivity index (χ3n) is 0.871. The summed E-state index contributed by atoms with van der Waals surface area (Å²) in [5, 5.41) is 8.79. The Balaban J connectivity index is 2.92. The van der Waals surface area contributed by atoms with Crippen LogP contribution in [0.1, 0.15) is 12.6 Å². The van der Waals surface area contributed by atoms with Gasteiger partial charge in [-0.3, -0.25) is 0 Å². The molecule has 0 saturated carbocycles. The first kappa shape index (κ1) is 5.50. The van der Waals surface area contributed by atoms with E-state index in [9.17, 15) is 0 Å². The van der Waals surface area contributed by atoms with Gasteiger partial charge in [-0.2, -0.15) is 4.37 Å². The zero-order chi connectivity index (χ0) is 5.98. The lowest BCUT2D eigenvalue weighted by atomic mass is 10.4. The minimum Gasteiger partial charge on any atom is -0.491 e. The van der Waals surface area contributed by atoms with Crippen molar-refractivity contribution in [2.45, 2.75) is 13.3 Å². The molecule has 0 radical (unpaired) electrons. The molecule has 0 aliphatic rings. The Kier molecular flexibility index (Phi) is 1.43. The molecule has 0 aliphatic heterocycles. The zero-order valence-corrected chi connectivity index (χ0v) is 5.27. The first-order chi connectivity index (χ1) is 3.84. The van der Waals surface area contributed by atoms with E-state index < -0.39 is 0 Å². The highest BCUT2D eigenvalue weighted by Crippen LogP contribution is 2.11. The summed E-state index contributed by atoms with van der Waals surface area (Å²) in [4.78, 5) is 0. The Labute approximate surface area is 51.3 Å². The third kappa shape index (κ3) is 0.790. The van der Waals surface area contributed by atoms with Gasteiger partial charge in [0.2, 0.25) is 5.88 Å². The van der Waals surface area contributed by atoms with Crippen LogP contribution in [0, 0.1) is 0 Å². The number of aryl methyl sites for hydroxylation is 1. The maximum atomic E-state index is 8.79. The first-order valence-corrected chi connectivity index (χ1v) is 3.08. The van der Waals surface area contributed by atoms with Gasteiger partial charge in [-0.05, 0) is 6.42 Å². The zero-order valence-electron chi connectivity index (χ0n) is 4.46. The van der Waals surface area contributed by atoms with Crippen LogP contribution in [0.4, 0.5) is 0 Å². The van der Waals surface area contributed by atoms with Crippen LogP contribution in [0.25, 0.3) is 0 Å². The van der Waals surface area contributed by atoms with E-state index in [0.29, 0.717) is 5.69 Å². The molecule has 0 aromatic carbocycles. The minimum absolute atomic E-state index is 0.0810. The van der Waals surface area contributed by atoms with Gasteiger partial charge in [-0.1, -0.05) is 6.92 Å². The van der Waals surface area contributed by atoms with E-state index in [1.807, 2.05) is 6.92 Å². The molecule has 0 amide bonds. The number of nitrogens with zero attached hydrogens (tertiary/aromatic N) is 2. The maximum Gasteiger partial charge on any atom is 0.246 e. The molecule has 1 aromatic heterocycles. The normalized spacial score (nSPS) is 9.62. The van der Waals surface area contributed by atoms with Crippen molar-refractivity contribution >= 4 is 11.7 Å². The topological polar surface area (TPSA) is 46.0 Å². The van der Waals surface area contributed by atoms with Crippen molar-refractivity contribution in [3.63, 3.8) is 0 Å². The van der Waals surface area contributed by atoms with Gasteiger partial charge >= 0.3 is 0 Å². The molecule has 1 aromatic rings. The van der Waals surface area contributed by atoms with Crippen molar-refractivity contribution in [3.05, 3.63) is 5.69 Å². The van der Waals surface area contributed by atoms with E-state index in [1.54, 1.807) is 0 Å². The molecular weight excluding hydrogens is 124 g/mol. The average molecular weight is 130 g/mol. The number of hydrogen-bond donors (Lipinski definition) is 1. The van der Waals surface area contributed by atoms with Gasteiger partial charge in [0, 0.05) is 0 Å². The van der Waals surface area contributed by atoms with E-state index in [2.05, 4.69) is 8.75 Å². The predicted octanol–water partition coefficient (Wildman–Crippen LogP) is 0.806. The van der Waals surface area contributed by atoms with Crippen LogP contribution in [-0.2, 0) is 6.42 Å². The average Bonchev–Trinajstić information content (AvgIpc) is 2.14. The summed E-state index contributed by atoms with van der Waals surface area (Å²) in [6.45, 7) is 1.93. The second-order valence-corrected chi connectivity index (χ2v) is 1.92. The fraction of sp³-hybridized carbons (Fsp3) is 0.500. The quantitative estimate of drug-likeness (QED) is 0.611. The van der Waals surface area contributed by atoms with Crippen LogP contribution in [0.15, 0.2) is 0 Å². The highest BCUT2D eigenvalue weighted by molar-refractivity contribution is 6.99. The monoisotopic (exact) mass is 130 g/mol. The largest absolute Gasteiger partial charge is 0.491 e. The van der Waals surface area contributed by atoms with Crippen LogP contribution in [0.3, 0.4) is 0 Å². The van der Waals surface area contributed by atoms with Crippen LogP contribution in [-0.4, -0.2) is 13.9 Å². The lowest BCUT2D eigenvalue weighted by molar-refractivity contribution is 0.452. The van der Waals surface area contributed by atoms with E-state index in [4.69, 9.17) is 5.11 Å². The molecule has 1 N–H and O–H groups in total. The molecule has 0 fully saturated rings. The highest BCUT2D eigenvalue weighted by Gasteiger charge is 2.00. The molecule has 0 unspecified atom stereocenters. The second-order valence-electron chi connectivity index (χ2n) is 1.39. The fourth-order valence-corrected chi connectivity index (χ4v) is 0.957. The molecule has 1 heterocycles. The van der Waals surface area contributed by atoms with Gasteiger partial charge in [0.25, 0.3) is 0 Å². The molecule has 0 aliphatic carbocycles. The Morgan fingerprint density at radius 3 is 2.62 bits per heavy atom. The number of rotatable bonds is 1. The van der Waals surface area contributed by atoms with Crippen LogP contribution in [0.5, 0.6) is 5.88 Å². The Bertz CT molecular complexity index is 174. The molecule has 44 valence electrons. The minimum atomic E-state index is 0.0810. The number of hydrogen-bond acceptors (Lipinski definition) is 4. The van der Waals surface area contributed by atoms with Crippen LogP contribution < -0.4 is 0 Å². The summed E-state index contributed by atoms with van der Waals surface area (Å²) in [5.74, 6) is 0.0810. The molecular formula is C4H6N2OS. The molecule has 4 heteroatoms. The number of aromatic nitrogens is 2. The van der Waals surface area contributed by atoms with Crippen molar-refractivity contribution < 1.29 is 5.11 Å². The van der Waals surface area contributed by atoms with Gasteiger partial charge in [0.05, 0.1) is 11.7 Å². The van der Waals surface area contributed by atoms with Crippen molar-refractivity contribution in [1.29, 1.82) is 0 Å². The van der Waals surface area contributed by atoms with Gasteiger partial charge < -0.3 is 5.11 Å². The standard InChI is InChI=1S/C4H6N2OS/c1-2-3-4(7)6-8-5-3/h2H2,1H3,(H,6,7). The molecule has 1 rings (SSSR count). The van der Waals surface area contributed by atoms with Gasteiger partial charge in [0.1, 0.15) is 5.69 Å². The Morgan fingerprint density at radius 1 is 1.62 bits per heavy atom. The van der Waals surface area contributed by atoms with Gasteiger partial charge in [-0.15, -0.1) is 4.37 Å². The number of aromatic hydroxyl groups is 1. The predicted molar refractivity (Wildman–Crippen MR) is 31.0 cm³/mol. The van der Waals surface area contributed by atoms with E-state index in [1.165, 1.54) is 0 Å². The van der Waals surface area contributed by atoms with Crippen LogP contribution in [0.2, 0.25) is 0 Å². The third-order valence-corrected chi connectivity index (χ3v) is 1.43. The SMILES string of the molecule is CCc1nsnc1O. The summed E-state index contributed by atoms with van der Waals surface area (Å²) >= 11 is 1.04. The van der Waals surface area contributed by atoms with Gasteiger partial charge in [0.15, 0.2) is 0 Å². The van der Waals surface area contributed by atoms with Crippen molar-refractivity contribution in [3.8, 4) is 5.88 Å². The van der Waals surface area contributed by atoms with Gasteiger partial charge in [-0.25, -0.2) is 0 Å². The smallest absolute Gasteiger partial charge is 0.246 e. The van der Waals surface area contributed by atoms with E-state index in [0.717, 1.165) is 18.1 Å². The summed E-state index contributed by atoms with van der Waals surface area (Å²) in [6.07, 6.45) is 0.752. The Hall–Kier alpha value is -0.640. The summed E-state index contributed by atoms with van der Waals surface area (Å²) in [6, 6.07) is 0. The molecule has 0 saturated heterocycles. The molecule has 8 heavy (non-hydrogen) atoms. The molecule has 0 spiro atoms. The lowest BCUT2D eigenvalue weighted by Gasteiger charge is -1.82. The molecule has 0 atom stereocenters. The highest BCUT2D eigenvalue weighted by atomic mass is 32.1. The molecule has 3 nitrogen and oxygen atoms in total. The lowest BCUT2D eigenvalue weighted by Crippen LogP contribution is -1.76. The fourth-order valence-electron chi connectivity index (χ4n) is 0.425.